The van der Waals surface area contributed by atoms with Gasteiger partial charge in [-0.25, -0.2) is 0 Å². The first-order chi connectivity index (χ1) is 10.8. The van der Waals surface area contributed by atoms with E-state index >= 15 is 0 Å². The van der Waals surface area contributed by atoms with Crippen molar-refractivity contribution in [3.63, 3.8) is 0 Å². The van der Waals surface area contributed by atoms with Gasteiger partial charge in [-0.15, -0.1) is 0 Å². The average Bonchev–Trinajstić information content (AvgIpc) is 2.89. The third kappa shape index (κ3) is 3.55. The predicted molar refractivity (Wildman–Crippen MR) is 87.4 cm³/mol. The van der Waals surface area contributed by atoms with Crippen LogP contribution in [0.25, 0.3) is 0 Å². The molecule has 0 saturated carbocycles. The Hall–Kier alpha value is -1.68. The van der Waals surface area contributed by atoms with Crippen LogP contribution >= 0.6 is 0 Å². The fourth-order valence-corrected chi connectivity index (χ4v) is 3.30. The Balaban J connectivity index is 1.76. The number of aliphatic hydroxyl groups excluding tert-OH is 1. The number of methoxy groups -OCH3 is 1. The first kappa shape index (κ1) is 15.2. The lowest BCUT2D eigenvalue weighted by Crippen LogP contribution is -2.24. The van der Waals surface area contributed by atoms with E-state index < -0.39 is 0 Å². The van der Waals surface area contributed by atoms with Crippen molar-refractivity contribution >= 4 is 0 Å². The number of nitrogens with zero attached hydrogens (tertiary/aromatic N) is 1. The fraction of sp³-hybridized carbons (Fsp3) is 0.368. The van der Waals surface area contributed by atoms with Crippen molar-refractivity contribution in [1.29, 1.82) is 0 Å². The molecular formula is C19H23NO2. The van der Waals surface area contributed by atoms with Gasteiger partial charge in [-0.05, 0) is 23.1 Å². The van der Waals surface area contributed by atoms with Crippen LogP contribution in [-0.4, -0.2) is 29.8 Å². The fourth-order valence-electron chi connectivity index (χ4n) is 3.30. The van der Waals surface area contributed by atoms with Crippen molar-refractivity contribution in [2.75, 3.05) is 13.7 Å². The molecule has 1 saturated heterocycles. The highest BCUT2D eigenvalue weighted by atomic mass is 16.5. The SMILES string of the molecule is COCc1cccc(CN2CC(O)CC2c2ccccc2)c1. The van der Waals surface area contributed by atoms with Crippen LogP contribution in [0.15, 0.2) is 54.6 Å². The van der Waals surface area contributed by atoms with E-state index in [9.17, 15) is 5.11 Å². The molecule has 1 N–H and O–H groups in total. The normalized spacial score (nSPS) is 22.1. The molecule has 1 aliphatic rings. The van der Waals surface area contributed by atoms with E-state index in [1.807, 2.05) is 6.07 Å². The number of hydrogen-bond donors (Lipinski definition) is 1. The van der Waals surface area contributed by atoms with E-state index in [0.717, 1.165) is 19.5 Å². The number of rotatable bonds is 5. The molecule has 2 atom stereocenters. The lowest BCUT2D eigenvalue weighted by Gasteiger charge is -2.24. The van der Waals surface area contributed by atoms with E-state index in [1.165, 1.54) is 16.7 Å². The second-order valence-electron chi connectivity index (χ2n) is 6.00. The monoisotopic (exact) mass is 297 g/mol. The van der Waals surface area contributed by atoms with Gasteiger partial charge in [0.25, 0.3) is 0 Å². The number of ether oxygens (including phenoxy) is 1. The maximum atomic E-state index is 10.1. The highest BCUT2D eigenvalue weighted by molar-refractivity contribution is 5.25. The molecule has 3 heteroatoms. The third-order valence-electron chi connectivity index (χ3n) is 4.25. The van der Waals surface area contributed by atoms with Crippen molar-refractivity contribution < 1.29 is 9.84 Å². The maximum absolute atomic E-state index is 10.1. The van der Waals surface area contributed by atoms with Gasteiger partial charge in [0.2, 0.25) is 0 Å². The van der Waals surface area contributed by atoms with Gasteiger partial charge in [-0.1, -0.05) is 54.6 Å². The number of likely N-dealkylation sites (tertiary alicyclic amines) is 1. The molecule has 0 aromatic heterocycles. The van der Waals surface area contributed by atoms with E-state index in [4.69, 9.17) is 4.74 Å². The summed E-state index contributed by atoms with van der Waals surface area (Å²) in [6.45, 7) is 2.22. The summed E-state index contributed by atoms with van der Waals surface area (Å²) in [6.07, 6.45) is 0.564. The number of hydrogen-bond acceptors (Lipinski definition) is 3. The Kier molecular flexibility index (Phi) is 4.88. The largest absolute Gasteiger partial charge is 0.392 e. The van der Waals surface area contributed by atoms with Gasteiger partial charge in [-0.2, -0.15) is 0 Å². The highest BCUT2D eigenvalue weighted by Crippen LogP contribution is 2.33. The van der Waals surface area contributed by atoms with Crippen LogP contribution < -0.4 is 0 Å². The third-order valence-corrected chi connectivity index (χ3v) is 4.25. The lowest BCUT2D eigenvalue weighted by atomic mass is 10.0. The van der Waals surface area contributed by atoms with Crippen molar-refractivity contribution in [3.8, 4) is 0 Å². The Morgan fingerprint density at radius 3 is 2.64 bits per heavy atom. The van der Waals surface area contributed by atoms with Crippen molar-refractivity contribution in [3.05, 3.63) is 71.3 Å². The first-order valence-corrected chi connectivity index (χ1v) is 7.80. The topological polar surface area (TPSA) is 32.7 Å². The van der Waals surface area contributed by atoms with Gasteiger partial charge in [0.15, 0.2) is 0 Å². The molecule has 2 aromatic rings. The Morgan fingerprint density at radius 2 is 1.86 bits per heavy atom. The van der Waals surface area contributed by atoms with E-state index in [-0.39, 0.29) is 6.10 Å². The second kappa shape index (κ2) is 7.05. The molecule has 0 amide bonds. The van der Waals surface area contributed by atoms with Crippen LogP contribution in [0.2, 0.25) is 0 Å². The molecule has 3 nitrogen and oxygen atoms in total. The second-order valence-corrected chi connectivity index (χ2v) is 6.00. The molecule has 0 radical (unpaired) electrons. The minimum atomic E-state index is -0.243. The van der Waals surface area contributed by atoms with Gasteiger partial charge in [-0.3, -0.25) is 4.90 Å². The highest BCUT2D eigenvalue weighted by Gasteiger charge is 2.31. The predicted octanol–water partition coefficient (Wildman–Crippen LogP) is 3.14. The molecule has 3 rings (SSSR count). The molecule has 116 valence electrons. The Labute approximate surface area is 132 Å². The molecule has 0 bridgehead atoms. The van der Waals surface area contributed by atoms with Gasteiger partial charge >= 0.3 is 0 Å². The van der Waals surface area contributed by atoms with Crippen LogP contribution in [0.5, 0.6) is 0 Å². The van der Waals surface area contributed by atoms with Gasteiger partial charge in [0, 0.05) is 26.2 Å². The summed E-state index contributed by atoms with van der Waals surface area (Å²) in [4.78, 5) is 2.37. The van der Waals surface area contributed by atoms with Crippen molar-refractivity contribution in [2.24, 2.45) is 0 Å². The summed E-state index contributed by atoms with van der Waals surface area (Å²) in [7, 11) is 1.72. The van der Waals surface area contributed by atoms with Crippen LogP contribution in [-0.2, 0) is 17.9 Å². The molecule has 0 spiro atoms. The summed E-state index contributed by atoms with van der Waals surface area (Å²) in [5.74, 6) is 0. The number of aliphatic hydroxyl groups is 1. The molecule has 1 aliphatic heterocycles. The lowest BCUT2D eigenvalue weighted by molar-refractivity contribution is 0.172. The van der Waals surface area contributed by atoms with E-state index in [2.05, 4.69) is 53.4 Å². The number of β-amino-alcohol motifs (C(OH)–C–C–N with tert-alkyl or cyclic N) is 1. The zero-order valence-electron chi connectivity index (χ0n) is 13.0. The van der Waals surface area contributed by atoms with Gasteiger partial charge in [0.05, 0.1) is 12.7 Å². The van der Waals surface area contributed by atoms with Gasteiger partial charge in [0.1, 0.15) is 0 Å². The van der Waals surface area contributed by atoms with Crippen LogP contribution in [0, 0.1) is 0 Å². The maximum Gasteiger partial charge on any atom is 0.0713 e. The van der Waals surface area contributed by atoms with E-state index in [1.54, 1.807) is 7.11 Å². The molecule has 2 aromatic carbocycles. The summed E-state index contributed by atoms with van der Waals surface area (Å²) >= 11 is 0. The standard InChI is InChI=1S/C19H23NO2/c1-22-14-16-7-5-6-15(10-16)12-20-13-18(21)11-19(20)17-8-3-2-4-9-17/h2-10,18-19,21H,11-14H2,1H3. The average molecular weight is 297 g/mol. The smallest absolute Gasteiger partial charge is 0.0713 e. The zero-order valence-corrected chi connectivity index (χ0v) is 13.0. The molecular weight excluding hydrogens is 274 g/mol. The summed E-state index contributed by atoms with van der Waals surface area (Å²) in [5, 5.41) is 10.1. The Bertz CT molecular complexity index is 599. The van der Waals surface area contributed by atoms with Crippen LogP contribution in [0.4, 0.5) is 0 Å². The zero-order chi connectivity index (χ0) is 15.4. The molecule has 0 aliphatic carbocycles. The molecule has 22 heavy (non-hydrogen) atoms. The van der Waals surface area contributed by atoms with Crippen molar-refractivity contribution in [2.45, 2.75) is 31.7 Å². The molecule has 1 fully saturated rings. The quantitative estimate of drug-likeness (QED) is 0.920. The summed E-state index contributed by atoms with van der Waals surface area (Å²) in [6, 6.07) is 19.3. The summed E-state index contributed by atoms with van der Waals surface area (Å²) < 4.78 is 5.21. The minimum Gasteiger partial charge on any atom is -0.392 e. The molecule has 1 heterocycles. The van der Waals surface area contributed by atoms with Crippen molar-refractivity contribution in [1.82, 2.24) is 4.90 Å². The first-order valence-electron chi connectivity index (χ1n) is 7.80. The Morgan fingerprint density at radius 1 is 1.09 bits per heavy atom. The van der Waals surface area contributed by atoms with Crippen LogP contribution in [0.3, 0.4) is 0 Å². The minimum absolute atomic E-state index is 0.243. The van der Waals surface area contributed by atoms with E-state index in [0.29, 0.717) is 12.6 Å². The van der Waals surface area contributed by atoms with Gasteiger partial charge < -0.3 is 9.84 Å². The van der Waals surface area contributed by atoms with Crippen LogP contribution in [0.1, 0.15) is 29.2 Å². The molecule has 2 unspecified atom stereocenters. The summed E-state index contributed by atoms with van der Waals surface area (Å²) in [5.41, 5.74) is 3.74. The number of benzene rings is 2.